The number of nitrogens with zero attached hydrogens (tertiary/aromatic N) is 1. The lowest BCUT2D eigenvalue weighted by Crippen LogP contribution is -1.94. The second kappa shape index (κ2) is 4.40. The van der Waals surface area contributed by atoms with Gasteiger partial charge in [-0.2, -0.15) is 0 Å². The fraction of sp³-hybridized carbons (Fsp3) is 0. The summed E-state index contributed by atoms with van der Waals surface area (Å²) in [6.45, 7) is 0. The molecule has 3 rings (SSSR count). The summed E-state index contributed by atoms with van der Waals surface area (Å²) in [5.41, 5.74) is 1.97. The first-order valence-corrected chi connectivity index (χ1v) is 5.91. The van der Waals surface area contributed by atoms with Crippen molar-refractivity contribution in [2.45, 2.75) is 0 Å². The summed E-state index contributed by atoms with van der Waals surface area (Å²) in [6, 6.07) is 11.7. The summed E-state index contributed by atoms with van der Waals surface area (Å²) >= 11 is 5.91. The molecule has 0 fully saturated rings. The van der Waals surface area contributed by atoms with E-state index < -0.39 is 5.97 Å². The van der Waals surface area contributed by atoms with E-state index in [1.807, 2.05) is 6.07 Å². The lowest BCUT2D eigenvalue weighted by atomic mass is 10.2. The summed E-state index contributed by atoms with van der Waals surface area (Å²) in [5.74, 6) is -0.581. The fourth-order valence-corrected chi connectivity index (χ4v) is 1.99. The minimum atomic E-state index is -0.998. The van der Waals surface area contributed by atoms with Crippen molar-refractivity contribution >= 4 is 28.7 Å². The predicted octanol–water partition coefficient (Wildman–Crippen LogP) is 3.85. The van der Waals surface area contributed by atoms with Crippen LogP contribution in [0.25, 0.3) is 22.6 Å². The van der Waals surface area contributed by atoms with Crippen molar-refractivity contribution in [2.75, 3.05) is 0 Å². The van der Waals surface area contributed by atoms with Gasteiger partial charge in [0.15, 0.2) is 5.58 Å². The maximum absolute atomic E-state index is 10.9. The highest BCUT2D eigenvalue weighted by molar-refractivity contribution is 6.30. The molecule has 0 unspecified atom stereocenters. The monoisotopic (exact) mass is 273 g/mol. The van der Waals surface area contributed by atoms with E-state index in [2.05, 4.69) is 4.98 Å². The zero-order chi connectivity index (χ0) is 13.4. The second-order valence-electron chi connectivity index (χ2n) is 4.02. The highest BCUT2D eigenvalue weighted by Crippen LogP contribution is 2.26. The van der Waals surface area contributed by atoms with Gasteiger partial charge in [-0.1, -0.05) is 17.7 Å². The molecule has 4 nitrogen and oxygen atoms in total. The van der Waals surface area contributed by atoms with E-state index in [9.17, 15) is 4.79 Å². The standard InChI is InChI=1S/C14H8ClNO3/c15-10-3-1-2-8(6-10)13-16-11-5-4-9(14(17)18)7-12(11)19-13/h1-7H,(H,17,18). The second-order valence-corrected chi connectivity index (χ2v) is 4.45. The van der Waals surface area contributed by atoms with Crippen LogP contribution in [0.2, 0.25) is 5.02 Å². The van der Waals surface area contributed by atoms with Crippen LogP contribution in [0.5, 0.6) is 0 Å². The molecular weight excluding hydrogens is 266 g/mol. The van der Waals surface area contributed by atoms with Crippen molar-refractivity contribution in [2.24, 2.45) is 0 Å². The van der Waals surface area contributed by atoms with E-state index in [1.54, 1.807) is 24.3 Å². The quantitative estimate of drug-likeness (QED) is 0.770. The van der Waals surface area contributed by atoms with Crippen LogP contribution in [-0.4, -0.2) is 16.1 Å². The van der Waals surface area contributed by atoms with Crippen LogP contribution in [0.3, 0.4) is 0 Å². The molecule has 0 saturated carbocycles. The summed E-state index contributed by atoms with van der Waals surface area (Å²) in [5, 5.41) is 9.51. The fourth-order valence-electron chi connectivity index (χ4n) is 1.80. The highest BCUT2D eigenvalue weighted by Gasteiger charge is 2.11. The molecular formula is C14H8ClNO3. The van der Waals surface area contributed by atoms with E-state index in [-0.39, 0.29) is 5.56 Å². The molecule has 0 spiro atoms. The first-order valence-electron chi connectivity index (χ1n) is 5.53. The third kappa shape index (κ3) is 2.18. The summed E-state index contributed by atoms with van der Waals surface area (Å²) < 4.78 is 5.57. The van der Waals surface area contributed by atoms with Crippen molar-refractivity contribution in [1.29, 1.82) is 0 Å². The molecule has 19 heavy (non-hydrogen) atoms. The number of aromatic carboxylic acids is 1. The third-order valence-electron chi connectivity index (χ3n) is 2.71. The molecule has 2 aromatic carbocycles. The first kappa shape index (κ1) is 11.7. The number of carbonyl (C=O) groups is 1. The maximum Gasteiger partial charge on any atom is 0.335 e. The minimum Gasteiger partial charge on any atom is -0.478 e. The summed E-state index contributed by atoms with van der Waals surface area (Å²) in [6.07, 6.45) is 0. The maximum atomic E-state index is 10.9. The molecule has 5 heteroatoms. The van der Waals surface area contributed by atoms with Crippen molar-refractivity contribution in [3.8, 4) is 11.5 Å². The van der Waals surface area contributed by atoms with Crippen LogP contribution in [0, 0.1) is 0 Å². The van der Waals surface area contributed by atoms with Crippen LogP contribution in [-0.2, 0) is 0 Å². The van der Waals surface area contributed by atoms with Gasteiger partial charge in [0.25, 0.3) is 0 Å². The van der Waals surface area contributed by atoms with Gasteiger partial charge in [0.1, 0.15) is 5.52 Å². The lowest BCUT2D eigenvalue weighted by Gasteiger charge is -1.94. The molecule has 0 bridgehead atoms. The normalized spacial score (nSPS) is 10.8. The Morgan fingerprint density at radius 1 is 1.21 bits per heavy atom. The Morgan fingerprint density at radius 2 is 2.05 bits per heavy atom. The number of aromatic nitrogens is 1. The van der Waals surface area contributed by atoms with E-state index in [1.165, 1.54) is 12.1 Å². The molecule has 94 valence electrons. The average molecular weight is 274 g/mol. The van der Waals surface area contributed by atoms with E-state index in [0.717, 1.165) is 5.56 Å². The van der Waals surface area contributed by atoms with Crippen LogP contribution >= 0.6 is 11.6 Å². The third-order valence-corrected chi connectivity index (χ3v) is 2.94. The van der Waals surface area contributed by atoms with Gasteiger partial charge >= 0.3 is 5.97 Å². The zero-order valence-corrected chi connectivity index (χ0v) is 10.4. The SMILES string of the molecule is O=C(O)c1ccc2nc(-c3cccc(Cl)c3)oc2c1. The van der Waals surface area contributed by atoms with Crippen LogP contribution in [0.1, 0.15) is 10.4 Å². The van der Waals surface area contributed by atoms with E-state index in [4.69, 9.17) is 21.1 Å². The van der Waals surface area contributed by atoms with Crippen molar-refractivity contribution < 1.29 is 14.3 Å². The molecule has 0 saturated heterocycles. The molecule has 0 aliphatic heterocycles. The van der Waals surface area contributed by atoms with Gasteiger partial charge in [0.05, 0.1) is 5.56 Å². The van der Waals surface area contributed by atoms with Gasteiger partial charge in [-0.15, -0.1) is 0 Å². The number of benzene rings is 2. The Morgan fingerprint density at radius 3 is 2.79 bits per heavy atom. The van der Waals surface area contributed by atoms with Gasteiger partial charge in [0, 0.05) is 10.6 Å². The van der Waals surface area contributed by atoms with Crippen molar-refractivity contribution in [3.05, 3.63) is 53.1 Å². The summed E-state index contributed by atoms with van der Waals surface area (Å²) in [7, 11) is 0. The average Bonchev–Trinajstić information content (AvgIpc) is 2.81. The lowest BCUT2D eigenvalue weighted by molar-refractivity contribution is 0.0697. The molecule has 0 amide bonds. The van der Waals surface area contributed by atoms with Gasteiger partial charge in [0.2, 0.25) is 5.89 Å². The molecule has 1 aromatic heterocycles. The zero-order valence-electron chi connectivity index (χ0n) is 9.63. The predicted molar refractivity (Wildman–Crippen MR) is 71.4 cm³/mol. The molecule has 0 aliphatic carbocycles. The highest BCUT2D eigenvalue weighted by atomic mass is 35.5. The van der Waals surface area contributed by atoms with E-state index in [0.29, 0.717) is 22.0 Å². The van der Waals surface area contributed by atoms with Crippen molar-refractivity contribution in [1.82, 2.24) is 4.98 Å². The molecule has 1 heterocycles. The Bertz CT molecular complexity index is 779. The van der Waals surface area contributed by atoms with Crippen LogP contribution in [0.4, 0.5) is 0 Å². The minimum absolute atomic E-state index is 0.168. The number of carboxylic acids is 1. The largest absolute Gasteiger partial charge is 0.478 e. The number of fused-ring (bicyclic) bond motifs is 1. The number of hydrogen-bond acceptors (Lipinski definition) is 3. The summed E-state index contributed by atoms with van der Waals surface area (Å²) in [4.78, 5) is 15.2. The molecule has 1 N–H and O–H groups in total. The van der Waals surface area contributed by atoms with Crippen LogP contribution < -0.4 is 0 Å². The Kier molecular flexibility index (Phi) is 2.72. The number of carboxylic acid groups (broad SMARTS) is 1. The van der Waals surface area contributed by atoms with Gasteiger partial charge in [-0.3, -0.25) is 0 Å². The van der Waals surface area contributed by atoms with Gasteiger partial charge < -0.3 is 9.52 Å². The Labute approximate surface area is 113 Å². The molecule has 3 aromatic rings. The topological polar surface area (TPSA) is 63.3 Å². The molecule has 0 aliphatic rings. The van der Waals surface area contributed by atoms with Gasteiger partial charge in [-0.25, -0.2) is 9.78 Å². The van der Waals surface area contributed by atoms with Gasteiger partial charge in [-0.05, 0) is 36.4 Å². The Hall–Kier alpha value is -2.33. The molecule has 0 radical (unpaired) electrons. The number of rotatable bonds is 2. The first-order chi connectivity index (χ1) is 9.13. The number of hydrogen-bond donors (Lipinski definition) is 1. The Balaban J connectivity index is 2.14. The molecule has 0 atom stereocenters. The smallest absolute Gasteiger partial charge is 0.335 e. The van der Waals surface area contributed by atoms with Crippen LogP contribution in [0.15, 0.2) is 46.9 Å². The van der Waals surface area contributed by atoms with Crippen molar-refractivity contribution in [3.63, 3.8) is 0 Å². The number of halogens is 1. The van der Waals surface area contributed by atoms with E-state index >= 15 is 0 Å². The number of oxazole rings is 1.